The Morgan fingerprint density at radius 3 is 2.17 bits per heavy atom. The highest BCUT2D eigenvalue weighted by molar-refractivity contribution is 8.04. The predicted molar refractivity (Wildman–Crippen MR) is 29.1 cm³/mol. The summed E-state index contributed by atoms with van der Waals surface area (Å²) in [6.45, 7) is -1.02. The van der Waals surface area contributed by atoms with Crippen LogP contribution in [-0.2, 0) is 0 Å². The molecule has 0 atom stereocenters. The summed E-state index contributed by atoms with van der Waals surface area (Å²) in [5.41, 5.74) is 0. The van der Waals surface area contributed by atoms with Crippen LogP contribution in [0.5, 0.6) is 0 Å². The molecule has 0 spiro atoms. The van der Waals surface area contributed by atoms with Crippen LogP contribution in [-0.4, -0.2) is 6.16 Å². The van der Waals surface area contributed by atoms with E-state index in [0.717, 1.165) is 0 Å². The average Bonchev–Trinajstić information content (AvgIpc) is 1.35. The third-order valence-corrected chi connectivity index (χ3v) is 1.29. The van der Waals surface area contributed by atoms with E-state index in [1.54, 1.807) is 0 Å². The Morgan fingerprint density at radius 1 is 1.67 bits per heavy atom. The fraction of sp³-hybridized carbons (Fsp3) is 0.500. The predicted octanol–water partition coefficient (Wildman–Crippen LogP) is 2.30. The van der Waals surface area contributed by atoms with E-state index < -0.39 is 6.63 Å². The third kappa shape index (κ3) is 4.50. The molecule has 4 heteroatoms. The van der Waals surface area contributed by atoms with Crippen LogP contribution in [0.3, 0.4) is 0 Å². The van der Waals surface area contributed by atoms with Gasteiger partial charge in [-0.25, -0.2) is 0 Å². The lowest BCUT2D eigenvalue weighted by Gasteiger charge is -1.82. The Labute approximate surface area is 47.2 Å². The van der Waals surface area contributed by atoms with Crippen LogP contribution in [0, 0.1) is 11.3 Å². The second kappa shape index (κ2) is 3.68. The van der Waals surface area contributed by atoms with Crippen LogP contribution in [0.15, 0.2) is 0 Å². The van der Waals surface area contributed by atoms with E-state index in [2.05, 4.69) is 0 Å². The third-order valence-electron chi connectivity index (χ3n) is 0.190. The molecular formula is C2H2Cl2NP. The van der Waals surface area contributed by atoms with E-state index in [-0.39, 0.29) is 6.16 Å². The molecule has 0 aromatic heterocycles. The molecule has 0 amide bonds. The zero-order valence-corrected chi connectivity index (χ0v) is 5.26. The highest BCUT2D eigenvalue weighted by atomic mass is 35.9. The standard InChI is InChI=1S/C2H2Cl2NP/c3-6(4)2-1-5/h2H2. The Balaban J connectivity index is 2.88. The van der Waals surface area contributed by atoms with Gasteiger partial charge >= 0.3 is 0 Å². The van der Waals surface area contributed by atoms with Crippen molar-refractivity contribution in [3.63, 3.8) is 0 Å². The lowest BCUT2D eigenvalue weighted by atomic mass is 10.9. The van der Waals surface area contributed by atoms with Crippen molar-refractivity contribution in [1.29, 1.82) is 5.26 Å². The van der Waals surface area contributed by atoms with Gasteiger partial charge in [-0.1, -0.05) is 22.5 Å². The van der Waals surface area contributed by atoms with Crippen LogP contribution in [0.2, 0.25) is 0 Å². The molecule has 0 unspecified atom stereocenters. The van der Waals surface area contributed by atoms with E-state index in [1.807, 2.05) is 6.07 Å². The molecule has 0 aromatic rings. The first-order valence-corrected chi connectivity index (χ1v) is 4.57. The zero-order valence-electron chi connectivity index (χ0n) is 2.86. The van der Waals surface area contributed by atoms with Crippen molar-refractivity contribution < 1.29 is 0 Å². The van der Waals surface area contributed by atoms with Gasteiger partial charge in [-0.05, 0) is 0 Å². The summed E-state index contributed by atoms with van der Waals surface area (Å²) < 4.78 is 0. The maximum atomic E-state index is 7.83. The first-order valence-electron chi connectivity index (χ1n) is 1.23. The largest absolute Gasteiger partial charge is 0.198 e. The van der Waals surface area contributed by atoms with Gasteiger partial charge in [0.05, 0.1) is 18.9 Å². The SMILES string of the molecule is N#CCP(Cl)Cl. The summed E-state index contributed by atoms with van der Waals surface area (Å²) in [6.07, 6.45) is 0.276. The minimum absolute atomic E-state index is 0.276. The molecule has 0 aliphatic rings. The number of hydrogen-bond donors (Lipinski definition) is 0. The van der Waals surface area contributed by atoms with Crippen LogP contribution >= 0.6 is 29.1 Å². The molecule has 0 aromatic carbocycles. The van der Waals surface area contributed by atoms with Crippen LogP contribution in [0.1, 0.15) is 0 Å². The fourth-order valence-electron chi connectivity index (χ4n) is 0.0535. The lowest BCUT2D eigenvalue weighted by molar-refractivity contribution is 1.50. The van der Waals surface area contributed by atoms with E-state index in [1.165, 1.54) is 0 Å². The molecular weight excluding hydrogens is 140 g/mol. The van der Waals surface area contributed by atoms with Crippen molar-refractivity contribution in [2.75, 3.05) is 6.16 Å². The molecule has 0 radical (unpaired) electrons. The monoisotopic (exact) mass is 141 g/mol. The van der Waals surface area contributed by atoms with Gasteiger partial charge in [-0.2, -0.15) is 5.26 Å². The summed E-state index contributed by atoms with van der Waals surface area (Å²) in [6, 6.07) is 1.83. The van der Waals surface area contributed by atoms with Crippen molar-refractivity contribution in [3.05, 3.63) is 0 Å². The summed E-state index contributed by atoms with van der Waals surface area (Å²) >= 11 is 10.4. The molecule has 34 valence electrons. The molecule has 0 N–H and O–H groups in total. The molecule has 0 fully saturated rings. The van der Waals surface area contributed by atoms with E-state index in [9.17, 15) is 0 Å². The molecule has 0 saturated carbocycles. The van der Waals surface area contributed by atoms with Crippen molar-refractivity contribution in [1.82, 2.24) is 0 Å². The Bertz CT molecular complexity index is 66.4. The summed E-state index contributed by atoms with van der Waals surface area (Å²) in [5.74, 6) is 0. The van der Waals surface area contributed by atoms with E-state index in [4.69, 9.17) is 27.7 Å². The van der Waals surface area contributed by atoms with Gasteiger partial charge < -0.3 is 0 Å². The molecule has 0 saturated heterocycles. The van der Waals surface area contributed by atoms with Crippen LogP contribution in [0.4, 0.5) is 0 Å². The topological polar surface area (TPSA) is 23.8 Å². The minimum Gasteiger partial charge on any atom is -0.198 e. The Morgan fingerprint density at radius 2 is 2.17 bits per heavy atom. The molecule has 0 heterocycles. The minimum atomic E-state index is -1.02. The highest BCUT2D eigenvalue weighted by Crippen LogP contribution is 2.45. The lowest BCUT2D eigenvalue weighted by Crippen LogP contribution is -1.58. The molecule has 1 nitrogen and oxygen atoms in total. The van der Waals surface area contributed by atoms with Crippen LogP contribution in [0.25, 0.3) is 0 Å². The highest BCUT2D eigenvalue weighted by Gasteiger charge is 1.92. The smallest absolute Gasteiger partial charge is 0.0997 e. The van der Waals surface area contributed by atoms with Gasteiger partial charge in [0, 0.05) is 0 Å². The summed E-state index contributed by atoms with van der Waals surface area (Å²) in [4.78, 5) is 0. The van der Waals surface area contributed by atoms with Crippen molar-refractivity contribution >= 4 is 29.1 Å². The number of nitriles is 1. The molecule has 0 rings (SSSR count). The maximum Gasteiger partial charge on any atom is 0.0997 e. The van der Waals surface area contributed by atoms with Gasteiger partial charge in [0.2, 0.25) is 0 Å². The van der Waals surface area contributed by atoms with Gasteiger partial charge in [-0.3, -0.25) is 0 Å². The van der Waals surface area contributed by atoms with E-state index >= 15 is 0 Å². The fourth-order valence-corrected chi connectivity index (χ4v) is 0.481. The number of halogens is 2. The normalized spacial score (nSPS) is 8.33. The van der Waals surface area contributed by atoms with Gasteiger partial charge in [-0.15, -0.1) is 0 Å². The Hall–Kier alpha value is 0.500. The van der Waals surface area contributed by atoms with Crippen LogP contribution < -0.4 is 0 Å². The Kier molecular flexibility index (Phi) is 3.99. The van der Waals surface area contributed by atoms with E-state index in [0.29, 0.717) is 0 Å². The van der Waals surface area contributed by atoms with Crippen molar-refractivity contribution in [3.8, 4) is 6.07 Å². The van der Waals surface area contributed by atoms with Gasteiger partial charge in [0.25, 0.3) is 0 Å². The number of nitrogens with zero attached hydrogens (tertiary/aromatic N) is 1. The first-order chi connectivity index (χ1) is 2.77. The molecule has 0 bridgehead atoms. The first kappa shape index (κ1) is 6.50. The van der Waals surface area contributed by atoms with Gasteiger partial charge in [0.15, 0.2) is 0 Å². The molecule has 0 aliphatic carbocycles. The number of rotatable bonds is 1. The van der Waals surface area contributed by atoms with Gasteiger partial charge in [0.1, 0.15) is 0 Å². The molecule has 6 heavy (non-hydrogen) atoms. The zero-order chi connectivity index (χ0) is 4.99. The average molecular weight is 142 g/mol. The quantitative estimate of drug-likeness (QED) is 0.515. The summed E-state index contributed by atoms with van der Waals surface area (Å²) in [7, 11) is 0. The summed E-state index contributed by atoms with van der Waals surface area (Å²) in [5, 5.41) is 7.83. The second-order valence-electron chi connectivity index (χ2n) is 0.619. The second-order valence-corrected chi connectivity index (χ2v) is 4.51. The maximum absolute atomic E-state index is 7.83. The van der Waals surface area contributed by atoms with Crippen molar-refractivity contribution in [2.24, 2.45) is 0 Å². The number of hydrogen-bond acceptors (Lipinski definition) is 1. The molecule has 0 aliphatic heterocycles. The van der Waals surface area contributed by atoms with Crippen molar-refractivity contribution in [2.45, 2.75) is 0 Å².